The van der Waals surface area contributed by atoms with Crippen molar-refractivity contribution in [1.82, 2.24) is 20.4 Å². The Bertz CT molecular complexity index is 953. The van der Waals surface area contributed by atoms with Crippen LogP contribution >= 0.6 is 12.2 Å². The number of aromatic nitrogens is 3. The molecule has 0 saturated carbocycles. The Morgan fingerprint density at radius 1 is 1.12 bits per heavy atom. The maximum atomic E-state index is 12.7. The van der Waals surface area contributed by atoms with E-state index >= 15 is 0 Å². The van der Waals surface area contributed by atoms with Gasteiger partial charge in [0.2, 0.25) is 0 Å². The van der Waals surface area contributed by atoms with Crippen LogP contribution in [-0.2, 0) is 0 Å². The zero-order valence-electron chi connectivity index (χ0n) is 14.4. The van der Waals surface area contributed by atoms with Gasteiger partial charge in [0.25, 0.3) is 5.91 Å². The summed E-state index contributed by atoms with van der Waals surface area (Å²) in [7, 11) is 0. The molecule has 0 saturated heterocycles. The summed E-state index contributed by atoms with van der Waals surface area (Å²) in [6.45, 7) is 3.69. The lowest BCUT2D eigenvalue weighted by atomic mass is 10.2. The zero-order valence-corrected chi connectivity index (χ0v) is 15.2. The largest absolute Gasteiger partial charge is 0.374 e. The standard InChI is InChI=1S/C18H18N6OS/c1-12-8-6-7-11-15(12)24(18(19)26)21-17(25)16-13(2)23(22-20-16)14-9-4-3-5-10-14/h3-11H,1-2H3,(H2,19,26)(H,21,25). The Morgan fingerprint density at radius 3 is 2.42 bits per heavy atom. The monoisotopic (exact) mass is 366 g/mol. The van der Waals surface area contributed by atoms with Crippen LogP contribution in [0, 0.1) is 13.8 Å². The molecule has 1 amide bonds. The number of anilines is 1. The second kappa shape index (κ2) is 7.32. The first kappa shape index (κ1) is 17.6. The molecule has 0 fully saturated rings. The Kier molecular flexibility index (Phi) is 4.94. The SMILES string of the molecule is Cc1ccccc1N(NC(=O)c1nnn(-c2ccccc2)c1C)C(N)=S. The highest BCUT2D eigenvalue weighted by Crippen LogP contribution is 2.18. The number of benzene rings is 2. The van der Waals surface area contributed by atoms with Crippen LogP contribution in [-0.4, -0.2) is 26.0 Å². The number of aryl methyl sites for hydroxylation is 1. The lowest BCUT2D eigenvalue weighted by Crippen LogP contribution is -2.49. The van der Waals surface area contributed by atoms with E-state index in [-0.39, 0.29) is 10.8 Å². The third kappa shape index (κ3) is 3.40. The Labute approximate surface area is 156 Å². The van der Waals surface area contributed by atoms with Gasteiger partial charge in [-0.05, 0) is 49.8 Å². The number of nitrogens with zero attached hydrogens (tertiary/aromatic N) is 4. The van der Waals surface area contributed by atoms with E-state index in [9.17, 15) is 4.79 Å². The summed E-state index contributed by atoms with van der Waals surface area (Å²) in [5, 5.41) is 9.48. The van der Waals surface area contributed by atoms with Crippen molar-refractivity contribution < 1.29 is 4.79 Å². The van der Waals surface area contributed by atoms with Crippen molar-refractivity contribution in [1.29, 1.82) is 0 Å². The molecule has 8 heteroatoms. The summed E-state index contributed by atoms with van der Waals surface area (Å²) in [4.78, 5) is 12.7. The molecule has 0 aliphatic heterocycles. The van der Waals surface area contributed by atoms with Gasteiger partial charge in [0.1, 0.15) is 0 Å². The van der Waals surface area contributed by atoms with Gasteiger partial charge >= 0.3 is 0 Å². The minimum atomic E-state index is -0.444. The van der Waals surface area contributed by atoms with E-state index < -0.39 is 5.91 Å². The number of hydrogen-bond acceptors (Lipinski definition) is 4. The van der Waals surface area contributed by atoms with Crippen molar-refractivity contribution in [2.24, 2.45) is 5.73 Å². The van der Waals surface area contributed by atoms with Crippen LogP contribution in [0.1, 0.15) is 21.7 Å². The minimum Gasteiger partial charge on any atom is -0.374 e. The van der Waals surface area contributed by atoms with Gasteiger partial charge in [-0.3, -0.25) is 10.2 Å². The maximum Gasteiger partial charge on any atom is 0.292 e. The molecule has 2 aromatic carbocycles. The van der Waals surface area contributed by atoms with Gasteiger partial charge in [0.05, 0.1) is 17.1 Å². The first-order chi connectivity index (χ1) is 12.5. The molecule has 3 N–H and O–H groups in total. The number of thiocarbonyl (C=S) groups is 1. The van der Waals surface area contributed by atoms with Crippen LogP contribution < -0.4 is 16.2 Å². The fourth-order valence-corrected chi connectivity index (χ4v) is 2.70. The Balaban J connectivity index is 1.89. The summed E-state index contributed by atoms with van der Waals surface area (Å²) in [6, 6.07) is 16.9. The fraction of sp³-hybridized carbons (Fsp3) is 0.111. The minimum absolute atomic E-state index is 0.0285. The molecule has 0 atom stereocenters. The molecule has 0 spiro atoms. The topological polar surface area (TPSA) is 89.1 Å². The number of nitrogens with two attached hydrogens (primary N) is 1. The predicted octanol–water partition coefficient (Wildman–Crippen LogP) is 2.28. The zero-order chi connectivity index (χ0) is 18.7. The van der Waals surface area contributed by atoms with E-state index in [4.69, 9.17) is 18.0 Å². The van der Waals surface area contributed by atoms with E-state index in [1.54, 1.807) is 11.6 Å². The van der Waals surface area contributed by atoms with Crippen molar-refractivity contribution in [3.05, 3.63) is 71.5 Å². The first-order valence-electron chi connectivity index (χ1n) is 7.93. The highest BCUT2D eigenvalue weighted by molar-refractivity contribution is 7.80. The molecule has 3 aromatic rings. The average Bonchev–Trinajstić information content (AvgIpc) is 3.02. The molecule has 0 bridgehead atoms. The third-order valence-electron chi connectivity index (χ3n) is 3.90. The quantitative estimate of drug-likeness (QED) is 0.546. The van der Waals surface area contributed by atoms with Crippen molar-refractivity contribution in [2.75, 3.05) is 5.01 Å². The third-order valence-corrected chi connectivity index (χ3v) is 4.08. The highest BCUT2D eigenvalue weighted by Gasteiger charge is 2.21. The van der Waals surface area contributed by atoms with E-state index in [2.05, 4.69) is 15.7 Å². The molecule has 0 unspecified atom stereocenters. The number of nitrogens with one attached hydrogen (secondary N) is 1. The average molecular weight is 366 g/mol. The van der Waals surface area contributed by atoms with Gasteiger partial charge in [-0.2, -0.15) is 0 Å². The number of rotatable bonds is 3. The van der Waals surface area contributed by atoms with Crippen LogP contribution in [0.25, 0.3) is 5.69 Å². The van der Waals surface area contributed by atoms with E-state index in [0.29, 0.717) is 11.4 Å². The highest BCUT2D eigenvalue weighted by atomic mass is 32.1. The molecule has 132 valence electrons. The molecule has 0 radical (unpaired) electrons. The van der Waals surface area contributed by atoms with Gasteiger partial charge in [-0.15, -0.1) is 5.10 Å². The normalized spacial score (nSPS) is 10.4. The van der Waals surface area contributed by atoms with E-state index in [1.807, 2.05) is 61.5 Å². The van der Waals surface area contributed by atoms with Crippen molar-refractivity contribution in [2.45, 2.75) is 13.8 Å². The van der Waals surface area contributed by atoms with E-state index in [0.717, 1.165) is 11.3 Å². The molecule has 1 heterocycles. The number of carbonyl (C=O) groups is 1. The number of amides is 1. The summed E-state index contributed by atoms with van der Waals surface area (Å²) in [5.74, 6) is -0.444. The van der Waals surface area contributed by atoms with Crippen LogP contribution in [0.15, 0.2) is 54.6 Å². The molecule has 0 aliphatic carbocycles. The van der Waals surface area contributed by atoms with Crippen molar-refractivity contribution in [3.63, 3.8) is 0 Å². The van der Waals surface area contributed by atoms with Gasteiger partial charge < -0.3 is 5.73 Å². The predicted molar refractivity (Wildman–Crippen MR) is 104 cm³/mol. The lowest BCUT2D eigenvalue weighted by molar-refractivity contribution is 0.0949. The van der Waals surface area contributed by atoms with E-state index in [1.165, 1.54) is 5.01 Å². The lowest BCUT2D eigenvalue weighted by Gasteiger charge is -2.24. The summed E-state index contributed by atoms with van der Waals surface area (Å²) >= 11 is 5.09. The number of carbonyl (C=O) groups excluding carboxylic acids is 1. The number of hydrogen-bond donors (Lipinski definition) is 2. The summed E-state index contributed by atoms with van der Waals surface area (Å²) < 4.78 is 1.60. The van der Waals surface area contributed by atoms with Gasteiger partial charge in [-0.1, -0.05) is 41.6 Å². The van der Waals surface area contributed by atoms with Crippen LogP contribution in [0.5, 0.6) is 0 Å². The summed E-state index contributed by atoms with van der Waals surface area (Å²) in [5.41, 5.74) is 11.8. The smallest absolute Gasteiger partial charge is 0.292 e. The maximum absolute atomic E-state index is 12.7. The van der Waals surface area contributed by atoms with Gasteiger partial charge in [0.15, 0.2) is 10.8 Å². The molecule has 3 rings (SSSR count). The molecule has 26 heavy (non-hydrogen) atoms. The molecule has 0 aliphatic rings. The molecular formula is C18H18N6OS. The second-order valence-corrected chi connectivity index (χ2v) is 6.09. The number of hydrazine groups is 1. The molecule has 7 nitrogen and oxygen atoms in total. The molecule has 1 aromatic heterocycles. The fourth-order valence-electron chi connectivity index (χ4n) is 2.56. The first-order valence-corrected chi connectivity index (χ1v) is 8.33. The van der Waals surface area contributed by atoms with Gasteiger partial charge in [-0.25, -0.2) is 9.69 Å². The van der Waals surface area contributed by atoms with Crippen molar-refractivity contribution >= 4 is 28.9 Å². The van der Waals surface area contributed by atoms with Gasteiger partial charge in [0, 0.05) is 0 Å². The van der Waals surface area contributed by atoms with Crippen molar-refractivity contribution in [3.8, 4) is 5.69 Å². The number of para-hydroxylation sites is 2. The molecular weight excluding hydrogens is 348 g/mol. The van der Waals surface area contributed by atoms with Crippen LogP contribution in [0.2, 0.25) is 0 Å². The van der Waals surface area contributed by atoms with Crippen LogP contribution in [0.4, 0.5) is 5.69 Å². The second-order valence-electron chi connectivity index (χ2n) is 5.67. The Morgan fingerprint density at radius 2 is 1.77 bits per heavy atom. The Hall–Kier alpha value is -3.26. The summed E-state index contributed by atoms with van der Waals surface area (Å²) in [6.07, 6.45) is 0. The van der Waals surface area contributed by atoms with Crippen LogP contribution in [0.3, 0.4) is 0 Å².